The molecule has 1 N–H and O–H groups in total. The molecule has 1 unspecified atom stereocenters. The number of furan rings is 1. The Kier molecular flexibility index (Phi) is 3.88. The number of benzene rings is 1. The first-order valence-electron chi connectivity index (χ1n) is 7.56. The Balaban J connectivity index is 1.86. The number of carbonyl (C=O) groups excluding carboxylic acids is 1. The molecule has 20 heavy (non-hydrogen) atoms. The number of Topliss-reactive ketones (excluding diaryl/α,β-unsaturated/α-hetero) is 1. The van der Waals surface area contributed by atoms with Gasteiger partial charge in [0.1, 0.15) is 5.58 Å². The fourth-order valence-electron chi connectivity index (χ4n) is 3.09. The zero-order chi connectivity index (χ0) is 13.9. The van der Waals surface area contributed by atoms with Gasteiger partial charge in [0, 0.05) is 23.4 Å². The van der Waals surface area contributed by atoms with Gasteiger partial charge in [0.05, 0.1) is 0 Å². The highest BCUT2D eigenvalue weighted by molar-refractivity contribution is 6.00. The smallest absolute Gasteiger partial charge is 0.199 e. The minimum atomic E-state index is 0.137. The van der Waals surface area contributed by atoms with Gasteiger partial charge in [-0.1, -0.05) is 31.5 Å². The Labute approximate surface area is 119 Å². The summed E-state index contributed by atoms with van der Waals surface area (Å²) in [6, 6.07) is 8.22. The van der Waals surface area contributed by atoms with E-state index in [4.69, 9.17) is 4.42 Å². The molecule has 3 heteroatoms. The van der Waals surface area contributed by atoms with Crippen molar-refractivity contribution in [3.63, 3.8) is 0 Å². The van der Waals surface area contributed by atoms with E-state index in [1.165, 1.54) is 12.8 Å². The molecule has 1 saturated heterocycles. The maximum atomic E-state index is 12.5. The van der Waals surface area contributed by atoms with E-state index in [2.05, 4.69) is 12.2 Å². The number of para-hydroxylation sites is 1. The van der Waals surface area contributed by atoms with Gasteiger partial charge < -0.3 is 9.73 Å². The molecular weight excluding hydrogens is 250 g/mol. The van der Waals surface area contributed by atoms with Crippen LogP contribution < -0.4 is 5.32 Å². The van der Waals surface area contributed by atoms with Crippen LogP contribution in [0.2, 0.25) is 0 Å². The number of aryl methyl sites for hydroxylation is 1. The van der Waals surface area contributed by atoms with Crippen molar-refractivity contribution in [2.45, 2.75) is 45.1 Å². The normalized spacial score (nSPS) is 19.4. The molecule has 0 radical (unpaired) electrons. The van der Waals surface area contributed by atoms with Gasteiger partial charge in [0.2, 0.25) is 0 Å². The van der Waals surface area contributed by atoms with Gasteiger partial charge in [0.15, 0.2) is 11.5 Å². The van der Waals surface area contributed by atoms with Crippen LogP contribution in [-0.4, -0.2) is 18.4 Å². The summed E-state index contributed by atoms with van der Waals surface area (Å²) in [5.41, 5.74) is 1.88. The van der Waals surface area contributed by atoms with Crippen molar-refractivity contribution in [1.82, 2.24) is 5.32 Å². The van der Waals surface area contributed by atoms with Gasteiger partial charge in [0.25, 0.3) is 0 Å². The van der Waals surface area contributed by atoms with Crippen LogP contribution in [0.5, 0.6) is 0 Å². The van der Waals surface area contributed by atoms with E-state index in [1.807, 2.05) is 24.3 Å². The number of nitrogens with one attached hydrogen (secondary N) is 1. The molecule has 1 aromatic heterocycles. The first-order chi connectivity index (χ1) is 9.79. The molecule has 1 aliphatic heterocycles. The van der Waals surface area contributed by atoms with Crippen LogP contribution in [0, 0.1) is 0 Å². The van der Waals surface area contributed by atoms with Crippen molar-refractivity contribution in [1.29, 1.82) is 0 Å². The minimum absolute atomic E-state index is 0.137. The average molecular weight is 271 g/mol. The Morgan fingerprint density at radius 1 is 1.35 bits per heavy atom. The molecule has 0 saturated carbocycles. The molecule has 3 nitrogen and oxygen atoms in total. The molecule has 3 rings (SSSR count). The fraction of sp³-hybridized carbons (Fsp3) is 0.471. The molecular formula is C17H21NO2. The van der Waals surface area contributed by atoms with Crippen LogP contribution in [-0.2, 0) is 6.42 Å². The lowest BCUT2D eigenvalue weighted by Crippen LogP contribution is -2.35. The van der Waals surface area contributed by atoms with E-state index < -0.39 is 0 Å². The standard InChI is InChI=1S/C17H21NO2/c1-2-13-14-8-3-4-9-16(14)20-17(13)15(19)11-12-7-5-6-10-18-12/h3-4,8-9,12,18H,2,5-7,10-11H2,1H3. The molecule has 1 fully saturated rings. The number of ketones is 1. The lowest BCUT2D eigenvalue weighted by molar-refractivity contribution is 0.0937. The van der Waals surface area contributed by atoms with Crippen molar-refractivity contribution in [2.24, 2.45) is 0 Å². The van der Waals surface area contributed by atoms with Gasteiger partial charge in [-0.2, -0.15) is 0 Å². The number of hydrogen-bond donors (Lipinski definition) is 1. The van der Waals surface area contributed by atoms with E-state index in [9.17, 15) is 4.79 Å². The molecule has 106 valence electrons. The second kappa shape index (κ2) is 5.80. The third-order valence-electron chi connectivity index (χ3n) is 4.15. The third-order valence-corrected chi connectivity index (χ3v) is 4.15. The molecule has 0 spiro atoms. The van der Waals surface area contributed by atoms with Gasteiger partial charge in [-0.05, 0) is 31.9 Å². The summed E-state index contributed by atoms with van der Waals surface area (Å²) in [5, 5.41) is 4.51. The van der Waals surface area contributed by atoms with Crippen molar-refractivity contribution >= 4 is 16.8 Å². The number of piperidine rings is 1. The quantitative estimate of drug-likeness (QED) is 0.862. The molecule has 0 amide bonds. The van der Waals surface area contributed by atoms with E-state index in [1.54, 1.807) is 0 Å². The monoisotopic (exact) mass is 271 g/mol. The second-order valence-electron chi connectivity index (χ2n) is 5.53. The fourth-order valence-corrected chi connectivity index (χ4v) is 3.09. The number of rotatable bonds is 4. The third kappa shape index (κ3) is 2.50. The topological polar surface area (TPSA) is 42.2 Å². The summed E-state index contributed by atoms with van der Waals surface area (Å²) in [6.45, 7) is 3.10. The lowest BCUT2D eigenvalue weighted by atomic mass is 9.97. The highest BCUT2D eigenvalue weighted by Gasteiger charge is 2.23. The van der Waals surface area contributed by atoms with Crippen molar-refractivity contribution in [3.05, 3.63) is 35.6 Å². The highest BCUT2D eigenvalue weighted by atomic mass is 16.3. The molecule has 2 aromatic rings. The number of hydrogen-bond acceptors (Lipinski definition) is 3. The number of fused-ring (bicyclic) bond motifs is 1. The summed E-state index contributed by atoms with van der Waals surface area (Å²) in [7, 11) is 0. The van der Waals surface area contributed by atoms with E-state index in [-0.39, 0.29) is 5.78 Å². The first-order valence-corrected chi connectivity index (χ1v) is 7.56. The first kappa shape index (κ1) is 13.4. The summed E-state index contributed by atoms with van der Waals surface area (Å²) < 4.78 is 5.82. The number of carbonyl (C=O) groups is 1. The van der Waals surface area contributed by atoms with Crippen LogP contribution in [0.15, 0.2) is 28.7 Å². The Bertz CT molecular complexity index is 608. The maximum Gasteiger partial charge on any atom is 0.199 e. The second-order valence-corrected chi connectivity index (χ2v) is 5.53. The molecule has 2 heterocycles. The Hall–Kier alpha value is -1.61. The SMILES string of the molecule is CCc1c(C(=O)CC2CCCCN2)oc2ccccc12. The van der Waals surface area contributed by atoms with Crippen LogP contribution in [0.1, 0.15) is 48.7 Å². The lowest BCUT2D eigenvalue weighted by Gasteiger charge is -2.22. The summed E-state index contributed by atoms with van der Waals surface area (Å²) in [6.07, 6.45) is 4.90. The van der Waals surface area contributed by atoms with E-state index in [0.717, 1.165) is 35.9 Å². The van der Waals surface area contributed by atoms with Crippen LogP contribution in [0.3, 0.4) is 0 Å². The van der Waals surface area contributed by atoms with Gasteiger partial charge in [-0.25, -0.2) is 0 Å². The zero-order valence-corrected chi connectivity index (χ0v) is 11.9. The van der Waals surface area contributed by atoms with E-state index in [0.29, 0.717) is 18.2 Å². The molecule has 1 atom stereocenters. The predicted octanol–water partition coefficient (Wildman–Crippen LogP) is 3.71. The summed E-state index contributed by atoms with van der Waals surface area (Å²) in [5.74, 6) is 0.707. The average Bonchev–Trinajstić information content (AvgIpc) is 2.87. The van der Waals surface area contributed by atoms with Crippen LogP contribution in [0.25, 0.3) is 11.0 Å². The van der Waals surface area contributed by atoms with Crippen LogP contribution >= 0.6 is 0 Å². The van der Waals surface area contributed by atoms with Crippen LogP contribution in [0.4, 0.5) is 0 Å². The molecule has 0 bridgehead atoms. The Morgan fingerprint density at radius 2 is 2.20 bits per heavy atom. The predicted molar refractivity (Wildman–Crippen MR) is 80.2 cm³/mol. The zero-order valence-electron chi connectivity index (χ0n) is 11.9. The molecule has 1 aliphatic rings. The van der Waals surface area contributed by atoms with Crippen molar-refractivity contribution in [3.8, 4) is 0 Å². The summed E-state index contributed by atoms with van der Waals surface area (Å²) >= 11 is 0. The van der Waals surface area contributed by atoms with Crippen molar-refractivity contribution in [2.75, 3.05) is 6.54 Å². The largest absolute Gasteiger partial charge is 0.453 e. The van der Waals surface area contributed by atoms with E-state index >= 15 is 0 Å². The summed E-state index contributed by atoms with van der Waals surface area (Å²) in [4.78, 5) is 12.5. The van der Waals surface area contributed by atoms with Gasteiger partial charge in [-0.3, -0.25) is 4.79 Å². The maximum absolute atomic E-state index is 12.5. The van der Waals surface area contributed by atoms with Crippen molar-refractivity contribution < 1.29 is 9.21 Å². The van der Waals surface area contributed by atoms with Gasteiger partial charge >= 0.3 is 0 Å². The Morgan fingerprint density at radius 3 is 2.95 bits per heavy atom. The van der Waals surface area contributed by atoms with Gasteiger partial charge in [-0.15, -0.1) is 0 Å². The highest BCUT2D eigenvalue weighted by Crippen LogP contribution is 2.28. The molecule has 0 aliphatic carbocycles. The minimum Gasteiger partial charge on any atom is -0.453 e. The molecule has 1 aromatic carbocycles.